The zero-order valence-corrected chi connectivity index (χ0v) is 9.66. The lowest BCUT2D eigenvalue weighted by Gasteiger charge is -2.03. The lowest BCUT2D eigenvalue weighted by Crippen LogP contribution is -2.08. The van der Waals surface area contributed by atoms with Crippen molar-refractivity contribution in [3.8, 4) is 0 Å². The fraction of sp³-hybridized carbons (Fsp3) is 0.222. The molecule has 0 aliphatic carbocycles. The first-order chi connectivity index (χ1) is 7.47. The molecular formula is C9H9ClO5S. The van der Waals surface area contributed by atoms with Crippen LogP contribution < -0.4 is 0 Å². The summed E-state index contributed by atoms with van der Waals surface area (Å²) in [6, 6.07) is 4.73. The van der Waals surface area contributed by atoms with Crippen LogP contribution in [-0.2, 0) is 14.3 Å². The van der Waals surface area contributed by atoms with Crippen molar-refractivity contribution < 1.29 is 22.5 Å². The van der Waals surface area contributed by atoms with E-state index in [1.54, 1.807) is 0 Å². The van der Waals surface area contributed by atoms with E-state index in [0.717, 1.165) is 0 Å². The summed E-state index contributed by atoms with van der Waals surface area (Å²) in [5, 5.41) is 8.62. The van der Waals surface area contributed by atoms with Crippen LogP contribution in [0.5, 0.6) is 0 Å². The molecule has 1 rings (SSSR count). The molecule has 88 valence electrons. The van der Waals surface area contributed by atoms with Crippen molar-refractivity contribution in [3.05, 3.63) is 29.8 Å². The molecule has 0 aromatic heterocycles. The Balaban J connectivity index is 2.93. The molecule has 0 fully saturated rings. The van der Waals surface area contributed by atoms with Crippen LogP contribution >= 0.6 is 11.6 Å². The van der Waals surface area contributed by atoms with Crippen molar-refractivity contribution in [2.45, 2.75) is 4.90 Å². The third-order valence-electron chi connectivity index (χ3n) is 1.71. The smallest absolute Gasteiger partial charge is 0.335 e. The van der Waals surface area contributed by atoms with Gasteiger partial charge in [-0.3, -0.25) is 4.18 Å². The van der Waals surface area contributed by atoms with E-state index in [-0.39, 0.29) is 22.9 Å². The molecule has 0 atom stereocenters. The molecule has 1 aromatic rings. The molecule has 1 N–H and O–H groups in total. The molecule has 7 heteroatoms. The molecule has 0 amide bonds. The van der Waals surface area contributed by atoms with Gasteiger partial charge in [0.15, 0.2) is 0 Å². The molecule has 1 aromatic carbocycles. The lowest BCUT2D eigenvalue weighted by molar-refractivity contribution is 0.0696. The van der Waals surface area contributed by atoms with E-state index in [1.165, 1.54) is 24.3 Å². The summed E-state index contributed by atoms with van der Waals surface area (Å²) in [5.41, 5.74) is 0.0105. The lowest BCUT2D eigenvalue weighted by atomic mass is 10.2. The number of hydrogen-bond donors (Lipinski definition) is 1. The van der Waals surface area contributed by atoms with Gasteiger partial charge in [0, 0.05) is 5.88 Å². The van der Waals surface area contributed by atoms with Crippen molar-refractivity contribution in [2.75, 3.05) is 12.5 Å². The van der Waals surface area contributed by atoms with E-state index in [2.05, 4.69) is 4.18 Å². The van der Waals surface area contributed by atoms with Crippen LogP contribution in [0.2, 0.25) is 0 Å². The van der Waals surface area contributed by atoms with Crippen LogP contribution in [-0.4, -0.2) is 32.0 Å². The number of rotatable bonds is 5. The fourth-order valence-electron chi connectivity index (χ4n) is 0.973. The minimum absolute atomic E-state index is 0.0105. The number of halogens is 1. The number of alkyl halides is 1. The second kappa shape index (κ2) is 5.29. The Morgan fingerprint density at radius 3 is 2.31 bits per heavy atom. The largest absolute Gasteiger partial charge is 0.478 e. The molecule has 0 aliphatic heterocycles. The average Bonchev–Trinajstić information content (AvgIpc) is 2.26. The molecule has 0 spiro atoms. The Labute approximate surface area is 97.7 Å². The van der Waals surface area contributed by atoms with Gasteiger partial charge in [0.2, 0.25) is 0 Å². The van der Waals surface area contributed by atoms with E-state index >= 15 is 0 Å². The number of carboxylic acids is 1. The zero-order valence-electron chi connectivity index (χ0n) is 8.09. The first kappa shape index (κ1) is 13.0. The Morgan fingerprint density at radius 2 is 1.88 bits per heavy atom. The second-order valence-corrected chi connectivity index (χ2v) is 4.79. The van der Waals surface area contributed by atoms with Crippen LogP contribution in [0.3, 0.4) is 0 Å². The van der Waals surface area contributed by atoms with Crippen molar-refractivity contribution >= 4 is 27.7 Å². The molecule has 0 bridgehead atoms. The normalized spacial score (nSPS) is 11.3. The number of benzene rings is 1. The van der Waals surface area contributed by atoms with Gasteiger partial charge in [0.1, 0.15) is 0 Å². The molecule has 16 heavy (non-hydrogen) atoms. The van der Waals surface area contributed by atoms with Crippen molar-refractivity contribution in [1.29, 1.82) is 0 Å². The summed E-state index contributed by atoms with van der Waals surface area (Å²) in [6.07, 6.45) is 0. The first-order valence-corrected chi connectivity index (χ1v) is 6.20. The predicted molar refractivity (Wildman–Crippen MR) is 57.3 cm³/mol. The molecule has 5 nitrogen and oxygen atoms in total. The van der Waals surface area contributed by atoms with Crippen LogP contribution in [0.15, 0.2) is 29.2 Å². The van der Waals surface area contributed by atoms with Crippen molar-refractivity contribution in [3.63, 3.8) is 0 Å². The topological polar surface area (TPSA) is 80.7 Å². The summed E-state index contributed by atoms with van der Waals surface area (Å²) < 4.78 is 27.4. The molecule has 0 aliphatic rings. The van der Waals surface area contributed by atoms with Crippen molar-refractivity contribution in [1.82, 2.24) is 0 Å². The maximum Gasteiger partial charge on any atom is 0.335 e. The molecule has 0 unspecified atom stereocenters. The third-order valence-corrected chi connectivity index (χ3v) is 3.19. The van der Waals surface area contributed by atoms with Gasteiger partial charge in [-0.2, -0.15) is 8.42 Å². The number of carboxylic acid groups (broad SMARTS) is 1. The minimum atomic E-state index is -3.84. The van der Waals surface area contributed by atoms with Gasteiger partial charge in [-0.15, -0.1) is 11.6 Å². The molecule has 0 saturated carbocycles. The third kappa shape index (κ3) is 3.19. The Kier molecular flexibility index (Phi) is 4.28. The van der Waals surface area contributed by atoms with Crippen LogP contribution in [0, 0.1) is 0 Å². The highest BCUT2D eigenvalue weighted by Crippen LogP contribution is 2.13. The minimum Gasteiger partial charge on any atom is -0.478 e. The summed E-state index contributed by atoms with van der Waals surface area (Å²) in [5.74, 6) is -1.06. The monoisotopic (exact) mass is 264 g/mol. The maximum atomic E-state index is 11.4. The highest BCUT2D eigenvalue weighted by atomic mass is 35.5. The average molecular weight is 265 g/mol. The Hall–Kier alpha value is -1.11. The maximum absolute atomic E-state index is 11.4. The second-order valence-electron chi connectivity index (χ2n) is 2.79. The Morgan fingerprint density at radius 1 is 1.31 bits per heavy atom. The van der Waals surface area contributed by atoms with E-state index in [0.29, 0.717) is 0 Å². The van der Waals surface area contributed by atoms with Gasteiger partial charge in [0.05, 0.1) is 17.1 Å². The SMILES string of the molecule is O=C(O)c1ccc(S(=O)(=O)OCCCl)cc1. The van der Waals surface area contributed by atoms with Gasteiger partial charge >= 0.3 is 5.97 Å². The summed E-state index contributed by atoms with van der Waals surface area (Å²) >= 11 is 5.29. The molecule has 0 radical (unpaired) electrons. The number of aromatic carboxylic acids is 1. The summed E-state index contributed by atoms with van der Waals surface area (Å²) in [6.45, 7) is -0.120. The molecule has 0 saturated heterocycles. The zero-order chi connectivity index (χ0) is 12.2. The van der Waals surface area contributed by atoms with E-state index in [4.69, 9.17) is 16.7 Å². The van der Waals surface area contributed by atoms with Gasteiger partial charge in [-0.25, -0.2) is 4.79 Å². The highest BCUT2D eigenvalue weighted by molar-refractivity contribution is 7.86. The van der Waals surface area contributed by atoms with Crippen LogP contribution in [0.25, 0.3) is 0 Å². The highest BCUT2D eigenvalue weighted by Gasteiger charge is 2.15. The van der Waals surface area contributed by atoms with E-state index in [9.17, 15) is 13.2 Å². The van der Waals surface area contributed by atoms with E-state index in [1.807, 2.05) is 0 Å². The van der Waals surface area contributed by atoms with Crippen molar-refractivity contribution in [2.24, 2.45) is 0 Å². The van der Waals surface area contributed by atoms with Crippen LogP contribution in [0.4, 0.5) is 0 Å². The first-order valence-electron chi connectivity index (χ1n) is 4.26. The van der Waals surface area contributed by atoms with Gasteiger partial charge in [0.25, 0.3) is 10.1 Å². The molecular weight excluding hydrogens is 256 g/mol. The summed E-state index contributed by atoms with van der Waals surface area (Å²) in [4.78, 5) is 10.4. The standard InChI is InChI=1S/C9H9ClO5S/c10-5-6-15-16(13,14)8-3-1-7(2-4-8)9(11)12/h1-4H,5-6H2,(H,11,12). The molecule has 0 heterocycles. The van der Waals surface area contributed by atoms with Gasteiger partial charge in [-0.1, -0.05) is 0 Å². The fourth-order valence-corrected chi connectivity index (χ4v) is 2.05. The van der Waals surface area contributed by atoms with Gasteiger partial charge < -0.3 is 5.11 Å². The summed E-state index contributed by atoms with van der Waals surface area (Å²) in [7, 11) is -3.84. The number of carbonyl (C=O) groups is 1. The Bertz CT molecular complexity index is 465. The van der Waals surface area contributed by atoms with Gasteiger partial charge in [-0.05, 0) is 24.3 Å². The number of hydrogen-bond acceptors (Lipinski definition) is 4. The quantitative estimate of drug-likeness (QED) is 0.641. The van der Waals surface area contributed by atoms with Crippen LogP contribution in [0.1, 0.15) is 10.4 Å². The van der Waals surface area contributed by atoms with E-state index < -0.39 is 16.1 Å². The predicted octanol–water partition coefficient (Wildman–Crippen LogP) is 1.33.